The van der Waals surface area contributed by atoms with Crippen molar-refractivity contribution >= 4 is 82.8 Å². The number of likely N-dealkylation sites (tertiary alicyclic amines) is 1. The number of amides is 13. The number of ether oxygens (including phenoxy) is 1. The van der Waals surface area contributed by atoms with Crippen molar-refractivity contribution in [3.8, 4) is 0 Å². The minimum Gasteiger partial charge on any atom is -0.458 e. The first-order chi connectivity index (χ1) is 49.3. The van der Waals surface area contributed by atoms with Crippen LogP contribution in [-0.2, 0) is 78.3 Å². The summed E-state index contributed by atoms with van der Waals surface area (Å²) in [5, 5.41) is 43.2. The standard InChI is InChI=1S/C75H124N14O16/c1-20-43(15)33-34-53(91)80-54(38(5)6)68(97)87-61(46(18)90)72(101)82-56(40(9)10)69(98)83-57(41(11)12)74(103)89-36-28-32-52(89)66(95)78-50(31-27-35-76)64(93)85-59(44(16)21-2)71(100)88-62-47(19)105-75(104)58(42(13)14)84-63(92)49(23-4)77-65(94)51(37-48-29-25-24-26-30-48)79-67(96)55(39(7)8)81-70(99)60(45(17)22-3)86-73(62)102/h23-26,29-30,38-47,50-52,54-62,90H,20-22,27-28,31-37,76H2,1-19H3,(H,77,94)(H,78,95)(H,79,96)(H,80,91)(H,81,99)(H,82,101)(H,83,98)(H,84,92)(H,85,93)(H,86,102)(H,87,97)(H,88,100)/t43-,44-,45-,46+,47+,50-,51-,52+,54+,55+,56-,57+,58-,59+,60+,61-,62+/m0/s1. The topological polar surface area (TPSA) is 442 Å². The van der Waals surface area contributed by atoms with E-state index in [1.807, 2.05) is 13.8 Å². The first-order valence-electron chi connectivity index (χ1n) is 37.5. The number of hydrogen-bond acceptors (Lipinski definition) is 17. The molecule has 0 unspecified atom stereocenters. The Morgan fingerprint density at radius 3 is 1.69 bits per heavy atom. The van der Waals surface area contributed by atoms with Crippen molar-refractivity contribution in [3.63, 3.8) is 0 Å². The van der Waals surface area contributed by atoms with Gasteiger partial charge in [0.25, 0.3) is 5.91 Å². The Hall–Kier alpha value is -8.54. The van der Waals surface area contributed by atoms with Crippen molar-refractivity contribution in [3.05, 3.63) is 47.7 Å². The molecule has 30 heteroatoms. The fraction of sp³-hybridized carbons (Fsp3) is 0.707. The van der Waals surface area contributed by atoms with Crippen LogP contribution in [-0.4, -0.2) is 191 Å². The van der Waals surface area contributed by atoms with Crippen LogP contribution in [0, 0.1) is 47.3 Å². The molecule has 15 N–H and O–H groups in total. The summed E-state index contributed by atoms with van der Waals surface area (Å²) in [7, 11) is 0. The summed E-state index contributed by atoms with van der Waals surface area (Å²) >= 11 is 0. The summed E-state index contributed by atoms with van der Waals surface area (Å²) < 4.78 is 5.96. The molecule has 2 heterocycles. The van der Waals surface area contributed by atoms with Crippen molar-refractivity contribution < 1.29 is 77.0 Å². The first-order valence-corrected chi connectivity index (χ1v) is 37.5. The molecule has 0 bridgehead atoms. The molecular weight excluding hydrogens is 1350 g/mol. The molecule has 0 aliphatic carbocycles. The highest BCUT2D eigenvalue weighted by atomic mass is 16.5. The molecule has 105 heavy (non-hydrogen) atoms. The number of rotatable bonds is 33. The van der Waals surface area contributed by atoms with Gasteiger partial charge < -0.3 is 84.3 Å². The number of nitrogens with two attached hydrogens (primary N) is 1. The summed E-state index contributed by atoms with van der Waals surface area (Å²) in [4.78, 5) is 202. The van der Waals surface area contributed by atoms with Gasteiger partial charge in [-0.3, -0.25) is 62.3 Å². The molecule has 0 radical (unpaired) electrons. The highest BCUT2D eigenvalue weighted by Crippen LogP contribution is 2.23. The van der Waals surface area contributed by atoms with Crippen LogP contribution in [0.1, 0.15) is 195 Å². The number of nitrogens with zero attached hydrogens (tertiary/aromatic N) is 1. The van der Waals surface area contributed by atoms with E-state index in [-0.39, 0.29) is 69.1 Å². The van der Waals surface area contributed by atoms with Gasteiger partial charge in [-0.05, 0) is 112 Å². The minimum atomic E-state index is -1.83. The third-order valence-corrected chi connectivity index (χ3v) is 19.6. The lowest BCUT2D eigenvalue weighted by atomic mass is 9.95. The van der Waals surface area contributed by atoms with E-state index in [0.717, 1.165) is 6.42 Å². The number of aliphatic hydroxyl groups excluding tert-OH is 1. The molecule has 1 aromatic rings. The summed E-state index contributed by atoms with van der Waals surface area (Å²) in [5.41, 5.74) is 6.34. The van der Waals surface area contributed by atoms with E-state index < -0.39 is 203 Å². The van der Waals surface area contributed by atoms with E-state index in [1.165, 1.54) is 31.7 Å². The normalized spacial score (nSPS) is 22.8. The number of hydrogen-bond donors (Lipinski definition) is 14. The Balaban J connectivity index is 2.00. The molecule has 590 valence electrons. The summed E-state index contributed by atoms with van der Waals surface area (Å²) in [5.74, 6) is -15.2. The Morgan fingerprint density at radius 1 is 0.610 bits per heavy atom. The molecule has 2 aliphatic heterocycles. The van der Waals surface area contributed by atoms with Gasteiger partial charge in [-0.1, -0.05) is 166 Å². The van der Waals surface area contributed by atoms with Gasteiger partial charge >= 0.3 is 5.97 Å². The van der Waals surface area contributed by atoms with Gasteiger partial charge in [0.05, 0.1) is 6.10 Å². The van der Waals surface area contributed by atoms with Gasteiger partial charge in [-0.15, -0.1) is 0 Å². The summed E-state index contributed by atoms with van der Waals surface area (Å²) in [6.07, 6.45) is 1.08. The lowest BCUT2D eigenvalue weighted by Gasteiger charge is -2.33. The molecule has 2 aliphatic rings. The van der Waals surface area contributed by atoms with Crippen LogP contribution in [0.25, 0.3) is 0 Å². The number of carbonyl (C=O) groups excluding carboxylic acids is 14. The van der Waals surface area contributed by atoms with Crippen LogP contribution in [0.5, 0.6) is 0 Å². The van der Waals surface area contributed by atoms with Gasteiger partial charge in [0.2, 0.25) is 70.9 Å². The van der Waals surface area contributed by atoms with Crippen molar-refractivity contribution in [2.75, 3.05) is 13.1 Å². The SMILES string of the molecule is CC=C1NC(=O)[C@H](Cc2ccccc2)NC(=O)[C@@H](C(C)C)NC(=O)[C@@H]([C@@H](C)CC)NC(=O)[C@H](NC(=O)[C@H](NC(=O)[C@H](CCCN)NC(=O)[C@H]2CCCN2C(=O)[C@H](NC(=O)[C@@H](NC(=O)[C@@H](NC(=O)[C@H](NC(=O)CC[C@@H](C)CC)C(C)C)[C@@H](C)O)C(C)C)C(C)C)[C@@H](C)CC)[C@@H](C)OC(=O)[C@H](C(C)C)NC1=O. The van der Waals surface area contributed by atoms with Gasteiger partial charge in [-0.2, -0.15) is 0 Å². The number of aliphatic hydroxyl groups is 1. The Kier molecular flexibility index (Phi) is 37.8. The van der Waals surface area contributed by atoms with Gasteiger partial charge in [-0.25, -0.2) is 4.79 Å². The van der Waals surface area contributed by atoms with Gasteiger partial charge in [0.1, 0.15) is 84.3 Å². The van der Waals surface area contributed by atoms with Crippen molar-refractivity contribution in [1.82, 2.24) is 68.7 Å². The Bertz CT molecular complexity index is 3160. The van der Waals surface area contributed by atoms with Crippen LogP contribution in [0.4, 0.5) is 0 Å². The van der Waals surface area contributed by atoms with Crippen LogP contribution in [0.2, 0.25) is 0 Å². The lowest BCUT2D eigenvalue weighted by Crippen LogP contribution is -2.64. The fourth-order valence-corrected chi connectivity index (χ4v) is 12.0. The third kappa shape index (κ3) is 27.4. The van der Waals surface area contributed by atoms with Gasteiger partial charge in [0, 0.05) is 19.4 Å². The lowest BCUT2D eigenvalue weighted by molar-refractivity contribution is -0.157. The van der Waals surface area contributed by atoms with Gasteiger partial charge in [0.15, 0.2) is 0 Å². The number of esters is 1. The summed E-state index contributed by atoms with van der Waals surface area (Å²) in [6, 6.07) is -7.67. The van der Waals surface area contributed by atoms with Crippen LogP contribution < -0.4 is 69.5 Å². The Labute approximate surface area is 620 Å². The second kappa shape index (κ2) is 43.8. The predicted octanol–water partition coefficient (Wildman–Crippen LogP) is 1.84. The highest BCUT2D eigenvalue weighted by molar-refractivity contribution is 6.03. The number of allylic oxidation sites excluding steroid dienone is 1. The molecule has 1 aromatic carbocycles. The van der Waals surface area contributed by atoms with E-state index in [4.69, 9.17) is 10.5 Å². The van der Waals surface area contributed by atoms with E-state index in [9.17, 15) is 62.6 Å². The fourth-order valence-electron chi connectivity index (χ4n) is 12.0. The maximum Gasteiger partial charge on any atom is 0.329 e. The highest BCUT2D eigenvalue weighted by Gasteiger charge is 2.44. The third-order valence-electron chi connectivity index (χ3n) is 19.6. The number of carbonyl (C=O) groups is 14. The number of cyclic esters (lactones) is 1. The molecule has 0 saturated carbocycles. The van der Waals surface area contributed by atoms with E-state index in [1.54, 1.807) is 127 Å². The zero-order chi connectivity index (χ0) is 79.4. The Morgan fingerprint density at radius 2 is 1.15 bits per heavy atom. The molecule has 2 fully saturated rings. The number of benzene rings is 1. The summed E-state index contributed by atoms with van der Waals surface area (Å²) in [6.45, 7) is 31.7. The zero-order valence-electron chi connectivity index (χ0n) is 65.2. The quantitative estimate of drug-likeness (QED) is 0.0353. The van der Waals surface area contributed by atoms with Crippen molar-refractivity contribution in [1.29, 1.82) is 0 Å². The molecule has 3 rings (SSSR count). The maximum absolute atomic E-state index is 15.0. The smallest absolute Gasteiger partial charge is 0.329 e. The number of nitrogens with one attached hydrogen (secondary N) is 12. The predicted molar refractivity (Wildman–Crippen MR) is 395 cm³/mol. The largest absolute Gasteiger partial charge is 0.458 e. The zero-order valence-corrected chi connectivity index (χ0v) is 65.2. The molecular formula is C75H124N14O16. The second-order valence-electron chi connectivity index (χ2n) is 30.0. The van der Waals surface area contributed by atoms with E-state index in [0.29, 0.717) is 24.8 Å². The maximum atomic E-state index is 15.0. The van der Waals surface area contributed by atoms with E-state index in [2.05, 4.69) is 63.8 Å². The molecule has 0 spiro atoms. The van der Waals surface area contributed by atoms with Crippen LogP contribution in [0.3, 0.4) is 0 Å². The molecule has 13 amide bonds. The average Bonchev–Trinajstić information content (AvgIpc) is 1.80. The van der Waals surface area contributed by atoms with Crippen molar-refractivity contribution in [2.24, 2.45) is 53.1 Å². The molecule has 0 aromatic heterocycles. The first kappa shape index (κ1) is 90.7. The molecule has 2 saturated heterocycles. The van der Waals surface area contributed by atoms with Crippen molar-refractivity contribution in [2.45, 2.75) is 280 Å². The van der Waals surface area contributed by atoms with Crippen LogP contribution >= 0.6 is 0 Å². The molecule has 30 nitrogen and oxygen atoms in total. The van der Waals surface area contributed by atoms with Crippen LogP contribution in [0.15, 0.2) is 42.1 Å². The second-order valence-corrected chi connectivity index (χ2v) is 30.0. The average molecular weight is 1480 g/mol. The van der Waals surface area contributed by atoms with E-state index >= 15 is 9.59 Å². The minimum absolute atomic E-state index is 0.0355. The monoisotopic (exact) mass is 1480 g/mol. The molecule has 17 atom stereocenters.